The molecule has 8 nitrogen and oxygen atoms in total. The monoisotopic (exact) mass is 363 g/mol. The van der Waals surface area contributed by atoms with E-state index in [-0.39, 0.29) is 35.4 Å². The van der Waals surface area contributed by atoms with Gasteiger partial charge in [0.2, 0.25) is 5.91 Å². The molecule has 0 saturated heterocycles. The summed E-state index contributed by atoms with van der Waals surface area (Å²) in [5, 5.41) is 3.79. The van der Waals surface area contributed by atoms with Gasteiger partial charge >= 0.3 is 0 Å². The van der Waals surface area contributed by atoms with Crippen LogP contribution in [0.15, 0.2) is 46.0 Å². The maximum atomic E-state index is 12.5. The predicted molar refractivity (Wildman–Crippen MR) is 87.0 cm³/mol. The molecule has 1 atom stereocenters. The van der Waals surface area contributed by atoms with Crippen molar-refractivity contribution in [3.8, 4) is 0 Å². The van der Waals surface area contributed by atoms with Gasteiger partial charge in [0.1, 0.15) is 16.9 Å². The van der Waals surface area contributed by atoms with Gasteiger partial charge in [-0.3, -0.25) is 9.59 Å². The SMILES string of the molecule is C[C@@H](c1ccon1)N(C)C(=O)CCN1C(=O)c2ccccc2S1(=O)=O. The fourth-order valence-electron chi connectivity index (χ4n) is 2.68. The third-order valence-corrected chi connectivity index (χ3v) is 6.14. The van der Waals surface area contributed by atoms with Crippen LogP contribution in [0.4, 0.5) is 0 Å². The summed E-state index contributed by atoms with van der Waals surface area (Å²) in [5.41, 5.74) is 0.729. The van der Waals surface area contributed by atoms with E-state index in [4.69, 9.17) is 4.52 Å². The van der Waals surface area contributed by atoms with E-state index in [2.05, 4.69) is 5.16 Å². The summed E-state index contributed by atoms with van der Waals surface area (Å²) in [7, 11) is -2.30. The molecule has 0 N–H and O–H groups in total. The molecule has 0 spiro atoms. The average molecular weight is 363 g/mol. The van der Waals surface area contributed by atoms with Crippen LogP contribution in [-0.2, 0) is 14.8 Å². The van der Waals surface area contributed by atoms with Crippen molar-refractivity contribution in [1.82, 2.24) is 14.4 Å². The van der Waals surface area contributed by atoms with Gasteiger partial charge in [0.25, 0.3) is 15.9 Å². The van der Waals surface area contributed by atoms with Crippen molar-refractivity contribution in [2.45, 2.75) is 24.3 Å². The lowest BCUT2D eigenvalue weighted by Crippen LogP contribution is -2.36. The summed E-state index contributed by atoms with van der Waals surface area (Å²) in [6, 6.07) is 7.35. The molecule has 0 unspecified atom stereocenters. The molecular formula is C16H17N3O5S. The number of carbonyl (C=O) groups excluding carboxylic acids is 2. The topological polar surface area (TPSA) is 101 Å². The minimum absolute atomic E-state index is 0.0169. The Kier molecular flexibility index (Phi) is 4.34. The Balaban J connectivity index is 1.70. The molecule has 0 radical (unpaired) electrons. The molecule has 2 heterocycles. The zero-order chi connectivity index (χ0) is 18.2. The molecule has 1 aromatic carbocycles. The summed E-state index contributed by atoms with van der Waals surface area (Å²) in [6.45, 7) is 1.58. The van der Waals surface area contributed by atoms with Crippen molar-refractivity contribution >= 4 is 21.8 Å². The predicted octanol–water partition coefficient (Wildman–Crippen LogP) is 1.43. The van der Waals surface area contributed by atoms with Gasteiger partial charge in [-0.2, -0.15) is 0 Å². The molecular weight excluding hydrogens is 346 g/mol. The first-order valence-electron chi connectivity index (χ1n) is 7.66. The van der Waals surface area contributed by atoms with Crippen molar-refractivity contribution < 1.29 is 22.5 Å². The van der Waals surface area contributed by atoms with E-state index in [0.717, 1.165) is 4.31 Å². The molecule has 0 saturated carbocycles. The Labute approximate surface area is 145 Å². The van der Waals surface area contributed by atoms with E-state index in [1.54, 1.807) is 32.2 Å². The lowest BCUT2D eigenvalue weighted by Gasteiger charge is -2.24. The normalized spacial score (nSPS) is 16.6. The van der Waals surface area contributed by atoms with Crippen LogP contribution in [0.2, 0.25) is 0 Å². The van der Waals surface area contributed by atoms with Gasteiger partial charge in [0, 0.05) is 26.1 Å². The Morgan fingerprint density at radius 3 is 2.68 bits per heavy atom. The number of hydrogen-bond donors (Lipinski definition) is 0. The zero-order valence-corrected chi connectivity index (χ0v) is 14.6. The Morgan fingerprint density at radius 1 is 1.32 bits per heavy atom. The highest BCUT2D eigenvalue weighted by Gasteiger charge is 2.40. The molecule has 1 aliphatic rings. The molecule has 25 heavy (non-hydrogen) atoms. The highest BCUT2D eigenvalue weighted by molar-refractivity contribution is 7.90. The number of benzene rings is 1. The number of sulfonamides is 1. The quantitative estimate of drug-likeness (QED) is 0.796. The number of carbonyl (C=O) groups is 2. The molecule has 0 bridgehead atoms. The van der Waals surface area contributed by atoms with E-state index < -0.39 is 15.9 Å². The van der Waals surface area contributed by atoms with Gasteiger partial charge in [0.05, 0.1) is 11.6 Å². The van der Waals surface area contributed by atoms with Gasteiger partial charge < -0.3 is 9.42 Å². The van der Waals surface area contributed by atoms with Crippen LogP contribution in [-0.4, -0.2) is 48.2 Å². The largest absolute Gasteiger partial charge is 0.364 e. The van der Waals surface area contributed by atoms with Crippen LogP contribution in [0.25, 0.3) is 0 Å². The second-order valence-electron chi connectivity index (χ2n) is 5.73. The van der Waals surface area contributed by atoms with Gasteiger partial charge in [0.15, 0.2) is 0 Å². The van der Waals surface area contributed by atoms with Gasteiger partial charge in [-0.25, -0.2) is 12.7 Å². The van der Waals surface area contributed by atoms with E-state index in [1.807, 2.05) is 0 Å². The van der Waals surface area contributed by atoms with Crippen LogP contribution >= 0.6 is 0 Å². The molecule has 3 rings (SSSR count). The Bertz CT molecular complexity index is 908. The highest BCUT2D eigenvalue weighted by atomic mass is 32.2. The third kappa shape index (κ3) is 2.91. The minimum Gasteiger partial charge on any atom is -0.364 e. The molecule has 1 aliphatic heterocycles. The smallest absolute Gasteiger partial charge is 0.269 e. The summed E-state index contributed by atoms with van der Waals surface area (Å²) < 4.78 is 30.4. The first kappa shape index (κ1) is 17.2. The molecule has 2 amide bonds. The minimum atomic E-state index is -3.89. The van der Waals surface area contributed by atoms with E-state index in [1.165, 1.54) is 23.3 Å². The number of aromatic nitrogens is 1. The lowest BCUT2D eigenvalue weighted by atomic mass is 10.2. The highest BCUT2D eigenvalue weighted by Crippen LogP contribution is 2.30. The van der Waals surface area contributed by atoms with Crippen LogP contribution in [0, 0.1) is 0 Å². The zero-order valence-electron chi connectivity index (χ0n) is 13.7. The standard InChI is InChI=1S/C16H17N3O5S/c1-11(13-8-10-24-17-13)18(2)15(20)7-9-19-16(21)12-5-3-4-6-14(12)25(19,22)23/h3-6,8,10-11H,7,9H2,1-2H3/t11-/m0/s1. The van der Waals surface area contributed by atoms with E-state index in [9.17, 15) is 18.0 Å². The summed E-state index contributed by atoms with van der Waals surface area (Å²) >= 11 is 0. The first-order chi connectivity index (χ1) is 11.8. The van der Waals surface area contributed by atoms with E-state index >= 15 is 0 Å². The van der Waals surface area contributed by atoms with Crippen molar-refractivity contribution in [1.29, 1.82) is 0 Å². The lowest BCUT2D eigenvalue weighted by molar-refractivity contribution is -0.131. The second kappa shape index (κ2) is 6.32. The molecule has 9 heteroatoms. The van der Waals surface area contributed by atoms with Gasteiger partial charge in [-0.15, -0.1) is 0 Å². The maximum absolute atomic E-state index is 12.5. The number of hydrogen-bond acceptors (Lipinski definition) is 6. The molecule has 1 aromatic heterocycles. The maximum Gasteiger partial charge on any atom is 0.269 e. The molecule has 0 aliphatic carbocycles. The fourth-order valence-corrected chi connectivity index (χ4v) is 4.25. The average Bonchev–Trinajstić information content (AvgIpc) is 3.19. The number of fused-ring (bicyclic) bond motifs is 1. The number of amides is 2. The molecule has 132 valence electrons. The van der Waals surface area contributed by atoms with Crippen LogP contribution in [0.1, 0.15) is 35.4 Å². The summed E-state index contributed by atoms with van der Waals surface area (Å²) in [5.74, 6) is -0.898. The third-order valence-electron chi connectivity index (χ3n) is 4.30. The van der Waals surface area contributed by atoms with E-state index in [0.29, 0.717) is 5.69 Å². The summed E-state index contributed by atoms with van der Waals surface area (Å²) in [6.07, 6.45) is 1.30. The van der Waals surface area contributed by atoms with Crippen molar-refractivity contribution in [3.63, 3.8) is 0 Å². The number of rotatable bonds is 5. The van der Waals surface area contributed by atoms with Crippen molar-refractivity contribution in [3.05, 3.63) is 47.9 Å². The van der Waals surface area contributed by atoms with Crippen LogP contribution in [0.5, 0.6) is 0 Å². The Morgan fingerprint density at radius 2 is 2.04 bits per heavy atom. The first-order valence-corrected chi connectivity index (χ1v) is 9.10. The number of nitrogens with zero attached hydrogens (tertiary/aromatic N) is 3. The second-order valence-corrected chi connectivity index (χ2v) is 7.56. The van der Waals surface area contributed by atoms with Gasteiger partial charge in [-0.1, -0.05) is 17.3 Å². The molecule has 2 aromatic rings. The molecule has 0 fully saturated rings. The van der Waals surface area contributed by atoms with Crippen molar-refractivity contribution in [2.24, 2.45) is 0 Å². The van der Waals surface area contributed by atoms with Crippen LogP contribution < -0.4 is 0 Å². The van der Waals surface area contributed by atoms with Crippen LogP contribution in [0.3, 0.4) is 0 Å². The van der Waals surface area contributed by atoms with Crippen molar-refractivity contribution in [2.75, 3.05) is 13.6 Å². The summed E-state index contributed by atoms with van der Waals surface area (Å²) in [4.78, 5) is 26.1. The van der Waals surface area contributed by atoms with Gasteiger partial charge in [-0.05, 0) is 19.1 Å². The Hall–Kier alpha value is -2.68. The fraction of sp³-hybridized carbons (Fsp3) is 0.312.